The minimum atomic E-state index is -0.721. The molecule has 0 radical (unpaired) electrons. The quantitative estimate of drug-likeness (QED) is 0.874. The molecule has 1 saturated heterocycles. The van der Waals surface area contributed by atoms with E-state index in [0.717, 1.165) is 47.5 Å². The summed E-state index contributed by atoms with van der Waals surface area (Å²) in [7, 11) is 0. The average Bonchev–Trinajstić information content (AvgIpc) is 3.03. The molecule has 0 unspecified atom stereocenters. The molecule has 1 aromatic heterocycles. The minimum Gasteiger partial charge on any atom is -0.487 e. The fourth-order valence-electron chi connectivity index (χ4n) is 3.52. The van der Waals surface area contributed by atoms with E-state index in [-0.39, 0.29) is 6.04 Å². The lowest BCUT2D eigenvalue weighted by molar-refractivity contribution is -0.142. The van der Waals surface area contributed by atoms with Crippen LogP contribution in [0, 0.1) is 13.8 Å². The number of benzene rings is 1. The first-order valence-corrected chi connectivity index (χ1v) is 8.64. The monoisotopic (exact) mass is 340 g/mol. The van der Waals surface area contributed by atoms with Gasteiger partial charge in [-0.2, -0.15) is 0 Å². The molecule has 0 spiro atoms. The minimum absolute atomic E-state index is 0.360. The van der Waals surface area contributed by atoms with Crippen LogP contribution in [0.25, 0.3) is 0 Å². The van der Waals surface area contributed by atoms with E-state index < -0.39 is 5.97 Å². The van der Waals surface area contributed by atoms with E-state index >= 15 is 0 Å². The van der Waals surface area contributed by atoms with Gasteiger partial charge in [0.2, 0.25) is 0 Å². The van der Waals surface area contributed by atoms with Crippen molar-refractivity contribution in [2.75, 3.05) is 6.54 Å². The van der Waals surface area contributed by atoms with Crippen LogP contribution in [0.15, 0.2) is 36.5 Å². The van der Waals surface area contributed by atoms with Gasteiger partial charge in [-0.15, -0.1) is 0 Å². The Bertz CT molecular complexity index is 723. The smallest absolute Gasteiger partial charge is 0.320 e. The lowest BCUT2D eigenvalue weighted by atomic mass is 10.0. The number of aromatic nitrogens is 1. The van der Waals surface area contributed by atoms with Crippen LogP contribution in [0.5, 0.6) is 5.75 Å². The van der Waals surface area contributed by atoms with E-state index in [2.05, 4.69) is 17.1 Å². The first-order valence-electron chi connectivity index (χ1n) is 8.64. The Hall–Kier alpha value is -2.40. The zero-order chi connectivity index (χ0) is 17.8. The number of pyridine rings is 1. The third kappa shape index (κ3) is 4.17. The highest BCUT2D eigenvalue weighted by molar-refractivity contribution is 5.73. The average molecular weight is 340 g/mol. The van der Waals surface area contributed by atoms with Crippen molar-refractivity contribution in [2.24, 2.45) is 0 Å². The number of aliphatic carboxylic acids is 1. The van der Waals surface area contributed by atoms with Crippen LogP contribution in [0.2, 0.25) is 0 Å². The Morgan fingerprint density at radius 2 is 2.08 bits per heavy atom. The molecule has 132 valence electrons. The highest BCUT2D eigenvalue weighted by atomic mass is 16.5. The van der Waals surface area contributed by atoms with Gasteiger partial charge in [0.1, 0.15) is 18.4 Å². The van der Waals surface area contributed by atoms with E-state index in [0.29, 0.717) is 13.2 Å². The Morgan fingerprint density at radius 1 is 1.32 bits per heavy atom. The lowest BCUT2D eigenvalue weighted by Gasteiger charge is -2.22. The topological polar surface area (TPSA) is 62.7 Å². The van der Waals surface area contributed by atoms with Crippen molar-refractivity contribution in [1.82, 2.24) is 9.88 Å². The Balaban J connectivity index is 1.70. The highest BCUT2D eigenvalue weighted by Crippen LogP contribution is 2.28. The maximum Gasteiger partial charge on any atom is 0.320 e. The van der Waals surface area contributed by atoms with Gasteiger partial charge in [-0.1, -0.05) is 18.2 Å². The second-order valence-corrected chi connectivity index (χ2v) is 6.64. The third-order valence-corrected chi connectivity index (χ3v) is 4.65. The number of carboxylic acid groups (broad SMARTS) is 1. The van der Waals surface area contributed by atoms with E-state index in [4.69, 9.17) is 4.74 Å². The summed E-state index contributed by atoms with van der Waals surface area (Å²) in [5.74, 6) is 0.159. The second-order valence-electron chi connectivity index (χ2n) is 6.64. The SMILES string of the molecule is Cc1cc(CN2CCC[C@H]2C(=O)O)cc(C)c1OCc1ccccn1. The van der Waals surface area contributed by atoms with Gasteiger partial charge in [-0.25, -0.2) is 0 Å². The molecule has 1 fully saturated rings. The van der Waals surface area contributed by atoms with Crippen LogP contribution < -0.4 is 4.74 Å². The summed E-state index contributed by atoms with van der Waals surface area (Å²) in [5.41, 5.74) is 4.16. The molecule has 0 saturated carbocycles. The molecule has 3 rings (SSSR count). The molecule has 1 atom stereocenters. The van der Waals surface area contributed by atoms with E-state index in [9.17, 15) is 9.90 Å². The predicted molar refractivity (Wildman–Crippen MR) is 95.6 cm³/mol. The molecule has 25 heavy (non-hydrogen) atoms. The van der Waals surface area contributed by atoms with Gasteiger partial charge < -0.3 is 9.84 Å². The van der Waals surface area contributed by atoms with Gasteiger partial charge in [0.15, 0.2) is 0 Å². The summed E-state index contributed by atoms with van der Waals surface area (Å²) < 4.78 is 5.97. The first kappa shape index (κ1) is 17.4. The highest BCUT2D eigenvalue weighted by Gasteiger charge is 2.30. The van der Waals surface area contributed by atoms with Gasteiger partial charge >= 0.3 is 5.97 Å². The number of hydrogen-bond donors (Lipinski definition) is 1. The molecule has 2 aromatic rings. The van der Waals surface area contributed by atoms with Crippen LogP contribution in [-0.2, 0) is 17.9 Å². The van der Waals surface area contributed by atoms with Crippen LogP contribution >= 0.6 is 0 Å². The summed E-state index contributed by atoms with van der Waals surface area (Å²) in [6.07, 6.45) is 3.44. The van der Waals surface area contributed by atoms with Crippen molar-refractivity contribution in [3.05, 3.63) is 58.9 Å². The molecular weight excluding hydrogens is 316 g/mol. The van der Waals surface area contributed by atoms with E-state index in [1.54, 1.807) is 6.20 Å². The summed E-state index contributed by atoms with van der Waals surface area (Å²) in [4.78, 5) is 17.7. The molecule has 1 aliphatic heterocycles. The number of carbonyl (C=O) groups is 1. The number of carboxylic acids is 1. The Morgan fingerprint density at radius 3 is 2.72 bits per heavy atom. The maximum absolute atomic E-state index is 11.3. The summed E-state index contributed by atoms with van der Waals surface area (Å²) in [6.45, 7) is 6.01. The van der Waals surface area contributed by atoms with E-state index in [1.165, 1.54) is 0 Å². The number of likely N-dealkylation sites (tertiary alicyclic amines) is 1. The van der Waals surface area contributed by atoms with Crippen LogP contribution in [0.3, 0.4) is 0 Å². The molecule has 1 aromatic carbocycles. The van der Waals surface area contributed by atoms with Crippen molar-refractivity contribution in [3.8, 4) is 5.75 Å². The summed E-state index contributed by atoms with van der Waals surface area (Å²) >= 11 is 0. The largest absolute Gasteiger partial charge is 0.487 e. The number of rotatable bonds is 6. The van der Waals surface area contributed by atoms with Crippen LogP contribution in [-0.4, -0.2) is 33.5 Å². The summed E-state index contributed by atoms with van der Waals surface area (Å²) in [5, 5.41) is 9.33. The van der Waals surface area contributed by atoms with Crippen LogP contribution in [0.1, 0.15) is 35.2 Å². The number of nitrogens with zero attached hydrogens (tertiary/aromatic N) is 2. The zero-order valence-electron chi connectivity index (χ0n) is 14.7. The van der Waals surface area contributed by atoms with Gasteiger partial charge in [-0.3, -0.25) is 14.7 Å². The molecular formula is C20H24N2O3. The molecule has 1 N–H and O–H groups in total. The maximum atomic E-state index is 11.3. The second kappa shape index (κ2) is 7.66. The fourth-order valence-corrected chi connectivity index (χ4v) is 3.52. The Labute approximate surface area is 148 Å². The van der Waals surface area contributed by atoms with Gasteiger partial charge in [0.05, 0.1) is 5.69 Å². The molecule has 0 aliphatic carbocycles. The van der Waals surface area contributed by atoms with Gasteiger partial charge in [-0.05, 0) is 62.1 Å². The molecule has 0 bridgehead atoms. The van der Waals surface area contributed by atoms with Crippen molar-refractivity contribution in [2.45, 2.75) is 45.9 Å². The first-order chi connectivity index (χ1) is 12.0. The Kier molecular flexibility index (Phi) is 5.34. The third-order valence-electron chi connectivity index (χ3n) is 4.65. The summed E-state index contributed by atoms with van der Waals surface area (Å²) in [6, 6.07) is 9.61. The van der Waals surface area contributed by atoms with Crippen LogP contribution in [0.4, 0.5) is 0 Å². The molecule has 2 heterocycles. The predicted octanol–water partition coefficient (Wildman–Crippen LogP) is 3.33. The standard InChI is InChI=1S/C20H24N2O3/c1-14-10-16(12-22-9-5-7-18(22)20(23)24)11-15(2)19(14)25-13-17-6-3-4-8-21-17/h3-4,6,8,10-11,18H,5,7,9,12-13H2,1-2H3,(H,23,24)/t18-/m0/s1. The fraction of sp³-hybridized carbons (Fsp3) is 0.400. The van der Waals surface area contributed by atoms with Gasteiger partial charge in [0.25, 0.3) is 0 Å². The number of hydrogen-bond acceptors (Lipinski definition) is 4. The van der Waals surface area contributed by atoms with Crippen molar-refractivity contribution >= 4 is 5.97 Å². The molecule has 5 nitrogen and oxygen atoms in total. The molecule has 0 amide bonds. The molecule has 1 aliphatic rings. The van der Waals surface area contributed by atoms with Crippen molar-refractivity contribution in [3.63, 3.8) is 0 Å². The number of aryl methyl sites for hydroxylation is 2. The van der Waals surface area contributed by atoms with Crippen molar-refractivity contribution < 1.29 is 14.6 Å². The van der Waals surface area contributed by atoms with E-state index in [1.807, 2.05) is 36.9 Å². The lowest BCUT2D eigenvalue weighted by Crippen LogP contribution is -2.35. The van der Waals surface area contributed by atoms with Gasteiger partial charge in [0, 0.05) is 12.7 Å². The molecule has 5 heteroatoms. The normalized spacial score (nSPS) is 17.6. The zero-order valence-corrected chi connectivity index (χ0v) is 14.7. The van der Waals surface area contributed by atoms with Crippen molar-refractivity contribution in [1.29, 1.82) is 0 Å². The number of ether oxygens (including phenoxy) is 1.